The average molecular weight is 127 g/mol. The van der Waals surface area contributed by atoms with E-state index in [2.05, 4.69) is 11.2 Å². The van der Waals surface area contributed by atoms with Crippen LogP contribution < -0.4 is 5.32 Å². The van der Waals surface area contributed by atoms with Crippen molar-refractivity contribution >= 4 is 5.97 Å². The van der Waals surface area contributed by atoms with Crippen molar-refractivity contribution in [3.05, 3.63) is 0 Å². The van der Waals surface area contributed by atoms with Gasteiger partial charge in [0.25, 0.3) is 0 Å². The molecule has 0 heterocycles. The molecule has 0 aliphatic heterocycles. The third-order valence-corrected chi connectivity index (χ3v) is 0.969. The Morgan fingerprint density at radius 2 is 2.56 bits per heavy atom. The number of hydrogen-bond acceptors (Lipinski definition) is 2. The maximum Gasteiger partial charge on any atom is 0.321 e. The normalized spacial score (nSPS) is 12.0. The number of carboxylic acid groups (broad SMARTS) is 1. The van der Waals surface area contributed by atoms with Crippen LogP contribution in [0.4, 0.5) is 0 Å². The van der Waals surface area contributed by atoms with Crippen LogP contribution in [0.15, 0.2) is 0 Å². The van der Waals surface area contributed by atoms with Gasteiger partial charge in [0, 0.05) is 6.42 Å². The predicted octanol–water partition coefficient (Wildman–Crippen LogP) is -0.318. The zero-order valence-electron chi connectivity index (χ0n) is 5.22. The third-order valence-electron chi connectivity index (χ3n) is 0.969. The minimum absolute atomic E-state index is 0.228. The number of rotatable bonds is 3. The van der Waals surface area contributed by atoms with Crippen LogP contribution in [0.5, 0.6) is 0 Å². The van der Waals surface area contributed by atoms with Gasteiger partial charge in [0.1, 0.15) is 6.04 Å². The molecule has 0 aliphatic rings. The molecule has 0 radical (unpaired) electrons. The minimum Gasteiger partial charge on any atom is -0.480 e. The van der Waals surface area contributed by atoms with Crippen LogP contribution >= 0.6 is 0 Å². The molecule has 0 spiro atoms. The lowest BCUT2D eigenvalue weighted by Crippen LogP contribution is -2.33. The van der Waals surface area contributed by atoms with E-state index in [1.165, 1.54) is 0 Å². The Morgan fingerprint density at radius 3 is 2.67 bits per heavy atom. The first-order chi connectivity index (χ1) is 4.22. The molecule has 0 saturated carbocycles. The summed E-state index contributed by atoms with van der Waals surface area (Å²) >= 11 is 0. The molecule has 0 saturated heterocycles. The fourth-order valence-electron chi connectivity index (χ4n) is 0.431. The molecular weight excluding hydrogens is 118 g/mol. The number of hydrogen-bond donors (Lipinski definition) is 2. The van der Waals surface area contributed by atoms with Crippen molar-refractivity contribution in [1.29, 1.82) is 0 Å². The zero-order valence-corrected chi connectivity index (χ0v) is 5.22. The first-order valence-electron chi connectivity index (χ1n) is 2.56. The second-order valence-electron chi connectivity index (χ2n) is 1.59. The number of carbonyl (C=O) groups is 1. The number of terminal acetylenes is 1. The van der Waals surface area contributed by atoms with Gasteiger partial charge in [0.2, 0.25) is 0 Å². The summed E-state index contributed by atoms with van der Waals surface area (Å²) in [6.45, 7) is 0. The van der Waals surface area contributed by atoms with E-state index in [0.29, 0.717) is 0 Å². The summed E-state index contributed by atoms with van der Waals surface area (Å²) in [4.78, 5) is 10.2. The monoisotopic (exact) mass is 127 g/mol. The van der Waals surface area contributed by atoms with Crippen LogP contribution in [0.3, 0.4) is 0 Å². The molecule has 0 aromatic rings. The molecule has 9 heavy (non-hydrogen) atoms. The zero-order chi connectivity index (χ0) is 7.28. The highest BCUT2D eigenvalue weighted by atomic mass is 16.4. The van der Waals surface area contributed by atoms with E-state index in [1.54, 1.807) is 7.05 Å². The molecule has 0 fully saturated rings. The van der Waals surface area contributed by atoms with Gasteiger partial charge in [-0.05, 0) is 7.05 Å². The number of likely N-dealkylation sites (N-methyl/N-ethyl adjacent to an activating group) is 1. The van der Waals surface area contributed by atoms with Crippen molar-refractivity contribution in [2.75, 3.05) is 7.05 Å². The lowest BCUT2D eigenvalue weighted by atomic mass is 10.2. The Bertz CT molecular complexity index is 136. The molecule has 0 aromatic heterocycles. The van der Waals surface area contributed by atoms with Gasteiger partial charge >= 0.3 is 5.97 Å². The van der Waals surface area contributed by atoms with Crippen LogP contribution in [-0.4, -0.2) is 24.2 Å². The summed E-state index contributed by atoms with van der Waals surface area (Å²) in [5, 5.41) is 10.9. The van der Waals surface area contributed by atoms with Gasteiger partial charge in [0.05, 0.1) is 0 Å². The van der Waals surface area contributed by atoms with Crippen molar-refractivity contribution in [2.45, 2.75) is 12.5 Å². The standard InChI is InChI=1S/C6H9NO2/c1-3-4-5(7-2)6(8)9/h1,5,7H,4H2,2H3,(H,8,9)/t5-/m1/s1. The summed E-state index contributed by atoms with van der Waals surface area (Å²) in [5.41, 5.74) is 0. The Kier molecular flexibility index (Phi) is 3.49. The van der Waals surface area contributed by atoms with Crippen LogP contribution in [-0.2, 0) is 4.79 Å². The van der Waals surface area contributed by atoms with Crippen molar-refractivity contribution in [1.82, 2.24) is 5.32 Å². The van der Waals surface area contributed by atoms with Crippen molar-refractivity contribution < 1.29 is 9.90 Å². The van der Waals surface area contributed by atoms with E-state index >= 15 is 0 Å². The lowest BCUT2D eigenvalue weighted by Gasteiger charge is -2.04. The minimum atomic E-state index is -0.907. The molecule has 50 valence electrons. The van der Waals surface area contributed by atoms with E-state index in [4.69, 9.17) is 11.5 Å². The number of carboxylic acids is 1. The molecule has 3 heteroatoms. The highest BCUT2D eigenvalue weighted by Crippen LogP contribution is 1.87. The van der Waals surface area contributed by atoms with Crippen molar-refractivity contribution in [2.24, 2.45) is 0 Å². The Labute approximate surface area is 54.1 Å². The second kappa shape index (κ2) is 3.93. The van der Waals surface area contributed by atoms with Crippen molar-refractivity contribution in [3.8, 4) is 12.3 Å². The highest BCUT2D eigenvalue weighted by Gasteiger charge is 2.11. The molecule has 2 N–H and O–H groups in total. The molecule has 3 nitrogen and oxygen atoms in total. The van der Waals surface area contributed by atoms with Gasteiger partial charge in [0.15, 0.2) is 0 Å². The molecule has 1 atom stereocenters. The third kappa shape index (κ3) is 2.73. The number of nitrogens with one attached hydrogen (secondary N) is 1. The quantitative estimate of drug-likeness (QED) is 0.511. The molecular formula is C6H9NO2. The average Bonchev–Trinajstić information content (AvgIpc) is 1.82. The molecule has 0 rings (SSSR count). The van der Waals surface area contributed by atoms with Gasteiger partial charge in [-0.1, -0.05) is 0 Å². The van der Waals surface area contributed by atoms with Crippen LogP contribution in [0, 0.1) is 12.3 Å². The van der Waals surface area contributed by atoms with Gasteiger partial charge in [-0.25, -0.2) is 0 Å². The highest BCUT2D eigenvalue weighted by molar-refractivity contribution is 5.73. The fourth-order valence-corrected chi connectivity index (χ4v) is 0.431. The van der Waals surface area contributed by atoms with Crippen LogP contribution in [0.2, 0.25) is 0 Å². The predicted molar refractivity (Wildman–Crippen MR) is 33.9 cm³/mol. The van der Waals surface area contributed by atoms with Crippen LogP contribution in [0.1, 0.15) is 6.42 Å². The summed E-state index contributed by atoms with van der Waals surface area (Å²) in [5.74, 6) is 1.35. The molecule has 0 bridgehead atoms. The molecule has 0 aliphatic carbocycles. The maximum absolute atomic E-state index is 10.2. The Balaban J connectivity index is 3.71. The topological polar surface area (TPSA) is 49.3 Å². The second-order valence-corrected chi connectivity index (χ2v) is 1.59. The Hall–Kier alpha value is -1.01. The Morgan fingerprint density at radius 1 is 2.00 bits per heavy atom. The van der Waals surface area contributed by atoms with Gasteiger partial charge in [-0.3, -0.25) is 4.79 Å². The summed E-state index contributed by atoms with van der Waals surface area (Å²) in [7, 11) is 1.57. The summed E-state index contributed by atoms with van der Waals surface area (Å²) in [6, 6.07) is -0.602. The van der Waals surface area contributed by atoms with Gasteiger partial charge in [-0.2, -0.15) is 0 Å². The number of aliphatic carboxylic acids is 1. The first-order valence-corrected chi connectivity index (χ1v) is 2.56. The van der Waals surface area contributed by atoms with E-state index in [-0.39, 0.29) is 6.42 Å². The molecule has 0 amide bonds. The molecule has 0 aromatic carbocycles. The van der Waals surface area contributed by atoms with E-state index < -0.39 is 12.0 Å². The lowest BCUT2D eigenvalue weighted by molar-refractivity contribution is -0.139. The molecule has 0 unspecified atom stereocenters. The SMILES string of the molecule is C#CC[C@@H](NC)C(=O)O. The fraction of sp³-hybridized carbons (Fsp3) is 0.500. The van der Waals surface area contributed by atoms with E-state index in [9.17, 15) is 4.79 Å². The smallest absolute Gasteiger partial charge is 0.321 e. The van der Waals surface area contributed by atoms with Gasteiger partial charge < -0.3 is 10.4 Å². The summed E-state index contributed by atoms with van der Waals surface area (Å²) in [6.07, 6.45) is 5.12. The maximum atomic E-state index is 10.2. The summed E-state index contributed by atoms with van der Waals surface area (Å²) < 4.78 is 0. The van der Waals surface area contributed by atoms with E-state index in [1.807, 2.05) is 0 Å². The van der Waals surface area contributed by atoms with Crippen molar-refractivity contribution in [3.63, 3.8) is 0 Å². The van der Waals surface area contributed by atoms with Crippen LogP contribution in [0.25, 0.3) is 0 Å². The first kappa shape index (κ1) is 7.99. The largest absolute Gasteiger partial charge is 0.480 e. The van der Waals surface area contributed by atoms with E-state index in [0.717, 1.165) is 0 Å². The van der Waals surface area contributed by atoms with Gasteiger partial charge in [-0.15, -0.1) is 12.3 Å².